The van der Waals surface area contributed by atoms with Gasteiger partial charge in [0.1, 0.15) is 11.4 Å². The zero-order valence-electron chi connectivity index (χ0n) is 11.5. The maximum atomic E-state index is 13.6. The molecular weight excluding hydrogens is 321 g/mol. The molecule has 2 aromatic carbocycles. The lowest BCUT2D eigenvalue weighted by molar-refractivity contribution is 0.0715. The summed E-state index contributed by atoms with van der Waals surface area (Å²) in [5.41, 5.74) is 1.41. The van der Waals surface area contributed by atoms with Gasteiger partial charge in [-0.05, 0) is 53.0 Å². The van der Waals surface area contributed by atoms with Crippen molar-refractivity contribution in [2.75, 3.05) is 11.9 Å². The Hall–Kier alpha value is -1.39. The first-order valence-electron chi connectivity index (χ1n) is 6.37. The van der Waals surface area contributed by atoms with E-state index in [0.717, 1.165) is 11.1 Å². The molecule has 4 heteroatoms. The maximum Gasteiger partial charge on any atom is 0.139 e. The zero-order valence-corrected chi connectivity index (χ0v) is 13.0. The van der Waals surface area contributed by atoms with Crippen molar-refractivity contribution in [2.24, 2.45) is 0 Å². The number of anilines is 1. The molecule has 0 amide bonds. The predicted octanol–water partition coefficient (Wildman–Crippen LogP) is 4.22. The molecule has 0 saturated carbocycles. The molecule has 1 atom stereocenters. The normalized spacial score (nSPS) is 13.8. The topological polar surface area (TPSA) is 32.3 Å². The molecule has 20 heavy (non-hydrogen) atoms. The number of aryl methyl sites for hydroxylation is 1. The molecule has 0 bridgehead atoms. The van der Waals surface area contributed by atoms with Gasteiger partial charge in [-0.3, -0.25) is 0 Å². The van der Waals surface area contributed by atoms with Gasteiger partial charge in [0, 0.05) is 12.2 Å². The third-order valence-electron chi connectivity index (χ3n) is 3.29. The predicted molar refractivity (Wildman–Crippen MR) is 83.3 cm³/mol. The molecular formula is C16H17BrFNO. The Morgan fingerprint density at radius 1 is 1.25 bits per heavy atom. The Morgan fingerprint density at radius 2 is 1.90 bits per heavy atom. The Labute approximate surface area is 126 Å². The van der Waals surface area contributed by atoms with E-state index in [1.54, 1.807) is 13.0 Å². The quantitative estimate of drug-likeness (QED) is 0.875. The molecule has 106 valence electrons. The molecule has 1 unspecified atom stereocenters. The molecule has 0 spiro atoms. The van der Waals surface area contributed by atoms with Gasteiger partial charge < -0.3 is 10.4 Å². The van der Waals surface area contributed by atoms with E-state index in [1.165, 1.54) is 6.07 Å². The first-order valence-corrected chi connectivity index (χ1v) is 7.17. The Bertz CT molecular complexity index is 599. The smallest absolute Gasteiger partial charge is 0.139 e. The number of benzene rings is 2. The summed E-state index contributed by atoms with van der Waals surface area (Å²) in [6.07, 6.45) is 0. The summed E-state index contributed by atoms with van der Waals surface area (Å²) in [6, 6.07) is 12.6. The zero-order chi connectivity index (χ0) is 14.8. The molecule has 2 rings (SSSR count). The van der Waals surface area contributed by atoms with Gasteiger partial charge in [-0.1, -0.05) is 30.3 Å². The Morgan fingerprint density at radius 3 is 2.55 bits per heavy atom. The van der Waals surface area contributed by atoms with Crippen molar-refractivity contribution >= 4 is 21.6 Å². The van der Waals surface area contributed by atoms with Crippen LogP contribution >= 0.6 is 15.9 Å². The average molecular weight is 338 g/mol. The molecule has 0 radical (unpaired) electrons. The second kappa shape index (κ2) is 5.94. The van der Waals surface area contributed by atoms with Crippen LogP contribution in [-0.4, -0.2) is 11.7 Å². The summed E-state index contributed by atoms with van der Waals surface area (Å²) < 4.78 is 14.0. The van der Waals surface area contributed by atoms with Crippen LogP contribution in [0.1, 0.15) is 18.1 Å². The lowest BCUT2D eigenvalue weighted by Crippen LogP contribution is -2.30. The monoisotopic (exact) mass is 337 g/mol. The lowest BCUT2D eigenvalue weighted by Gasteiger charge is -2.25. The Balaban J connectivity index is 2.14. The first kappa shape index (κ1) is 15.0. The van der Waals surface area contributed by atoms with Crippen LogP contribution in [0, 0.1) is 12.7 Å². The van der Waals surface area contributed by atoms with Crippen molar-refractivity contribution in [2.45, 2.75) is 19.4 Å². The molecule has 2 aromatic rings. The highest BCUT2D eigenvalue weighted by molar-refractivity contribution is 9.10. The SMILES string of the molecule is Cc1cc(Br)c(F)cc1NCC(C)(O)c1ccccc1. The summed E-state index contributed by atoms with van der Waals surface area (Å²) >= 11 is 3.16. The van der Waals surface area contributed by atoms with Gasteiger partial charge in [0.25, 0.3) is 0 Å². The van der Waals surface area contributed by atoms with E-state index in [0.29, 0.717) is 16.7 Å². The van der Waals surface area contributed by atoms with E-state index >= 15 is 0 Å². The van der Waals surface area contributed by atoms with Gasteiger partial charge in [0.2, 0.25) is 0 Å². The first-order chi connectivity index (χ1) is 9.40. The van der Waals surface area contributed by atoms with Crippen molar-refractivity contribution in [1.82, 2.24) is 0 Å². The van der Waals surface area contributed by atoms with E-state index in [1.807, 2.05) is 37.3 Å². The van der Waals surface area contributed by atoms with Crippen LogP contribution in [0.2, 0.25) is 0 Å². The van der Waals surface area contributed by atoms with Crippen LogP contribution in [0.3, 0.4) is 0 Å². The van der Waals surface area contributed by atoms with E-state index in [-0.39, 0.29) is 5.82 Å². The minimum atomic E-state index is -1.02. The van der Waals surface area contributed by atoms with Crippen molar-refractivity contribution < 1.29 is 9.50 Å². The molecule has 2 N–H and O–H groups in total. The molecule has 0 aromatic heterocycles. The number of rotatable bonds is 4. The van der Waals surface area contributed by atoms with Crippen molar-refractivity contribution in [3.63, 3.8) is 0 Å². The van der Waals surface area contributed by atoms with Gasteiger partial charge in [0.15, 0.2) is 0 Å². The fraction of sp³-hybridized carbons (Fsp3) is 0.250. The van der Waals surface area contributed by atoms with Crippen LogP contribution in [0.4, 0.5) is 10.1 Å². The maximum absolute atomic E-state index is 13.6. The summed E-state index contributed by atoms with van der Waals surface area (Å²) in [5, 5.41) is 13.6. The second-order valence-electron chi connectivity index (χ2n) is 5.07. The van der Waals surface area contributed by atoms with Crippen LogP contribution in [0.5, 0.6) is 0 Å². The van der Waals surface area contributed by atoms with E-state index in [2.05, 4.69) is 21.2 Å². The van der Waals surface area contributed by atoms with Gasteiger partial charge in [-0.2, -0.15) is 0 Å². The molecule has 2 nitrogen and oxygen atoms in total. The minimum absolute atomic E-state index is 0.304. The number of halogens is 2. The summed E-state index contributed by atoms with van der Waals surface area (Å²) in [6.45, 7) is 3.93. The van der Waals surface area contributed by atoms with Crippen LogP contribution in [-0.2, 0) is 5.60 Å². The fourth-order valence-corrected chi connectivity index (χ4v) is 2.46. The van der Waals surface area contributed by atoms with Crippen molar-refractivity contribution in [3.05, 3.63) is 63.9 Å². The summed E-state index contributed by atoms with van der Waals surface area (Å²) in [7, 11) is 0. The molecule has 0 fully saturated rings. The number of nitrogens with one attached hydrogen (secondary N) is 1. The van der Waals surface area contributed by atoms with E-state index in [9.17, 15) is 9.50 Å². The molecule has 0 saturated heterocycles. The standard InChI is InChI=1S/C16H17BrFNO/c1-11-8-13(17)14(18)9-15(11)19-10-16(2,20)12-6-4-3-5-7-12/h3-9,19-20H,10H2,1-2H3. The van der Waals surface area contributed by atoms with Crippen molar-refractivity contribution in [1.29, 1.82) is 0 Å². The highest BCUT2D eigenvalue weighted by Crippen LogP contribution is 2.26. The summed E-state index contributed by atoms with van der Waals surface area (Å²) in [4.78, 5) is 0. The van der Waals surface area contributed by atoms with E-state index < -0.39 is 5.60 Å². The van der Waals surface area contributed by atoms with Crippen LogP contribution < -0.4 is 5.32 Å². The average Bonchev–Trinajstić information content (AvgIpc) is 2.42. The second-order valence-corrected chi connectivity index (χ2v) is 5.93. The fourth-order valence-electron chi connectivity index (χ4n) is 2.00. The van der Waals surface area contributed by atoms with Crippen LogP contribution in [0.15, 0.2) is 46.9 Å². The van der Waals surface area contributed by atoms with E-state index in [4.69, 9.17) is 0 Å². The molecule has 0 aliphatic rings. The number of aliphatic hydroxyl groups is 1. The summed E-state index contributed by atoms with van der Waals surface area (Å²) in [5.74, 6) is -0.322. The van der Waals surface area contributed by atoms with Gasteiger partial charge in [0.05, 0.1) is 4.47 Å². The highest BCUT2D eigenvalue weighted by atomic mass is 79.9. The van der Waals surface area contributed by atoms with Gasteiger partial charge in [-0.15, -0.1) is 0 Å². The van der Waals surface area contributed by atoms with Gasteiger partial charge in [-0.25, -0.2) is 4.39 Å². The minimum Gasteiger partial charge on any atom is -0.384 e. The molecule has 0 heterocycles. The van der Waals surface area contributed by atoms with Crippen molar-refractivity contribution in [3.8, 4) is 0 Å². The van der Waals surface area contributed by atoms with Gasteiger partial charge >= 0.3 is 0 Å². The van der Waals surface area contributed by atoms with Crippen LogP contribution in [0.25, 0.3) is 0 Å². The number of hydrogen-bond acceptors (Lipinski definition) is 2. The third-order valence-corrected chi connectivity index (χ3v) is 3.89. The molecule has 0 aliphatic carbocycles. The largest absolute Gasteiger partial charge is 0.384 e. The number of hydrogen-bond donors (Lipinski definition) is 2. The molecule has 0 aliphatic heterocycles. The Kier molecular flexibility index (Phi) is 4.45. The third kappa shape index (κ3) is 3.38. The lowest BCUT2D eigenvalue weighted by atomic mass is 9.96. The highest BCUT2D eigenvalue weighted by Gasteiger charge is 2.22.